The maximum absolute atomic E-state index is 13.6. The molecule has 2 aromatic carbocycles. The van der Waals surface area contributed by atoms with Crippen molar-refractivity contribution < 1.29 is 28.2 Å². The second-order valence-electron chi connectivity index (χ2n) is 5.49. The number of anilines is 1. The lowest BCUT2D eigenvalue weighted by Gasteiger charge is -2.08. The SMILES string of the molecule is COc1ccc(CC(=O)OCC(=O)Nc2ccc(C(C)=O)cc2)cc1F. The fourth-order valence-electron chi connectivity index (χ4n) is 2.17. The molecule has 0 saturated carbocycles. The van der Waals surface area contributed by atoms with Gasteiger partial charge in [0.25, 0.3) is 5.91 Å². The molecule has 1 amide bonds. The molecule has 1 N–H and O–H groups in total. The first kappa shape index (κ1) is 19.1. The molecule has 2 rings (SSSR count). The maximum Gasteiger partial charge on any atom is 0.310 e. The van der Waals surface area contributed by atoms with Gasteiger partial charge in [-0.05, 0) is 48.9 Å². The fraction of sp³-hybridized carbons (Fsp3) is 0.211. The minimum Gasteiger partial charge on any atom is -0.494 e. The van der Waals surface area contributed by atoms with E-state index in [9.17, 15) is 18.8 Å². The molecule has 2 aromatic rings. The van der Waals surface area contributed by atoms with Crippen molar-refractivity contribution in [2.45, 2.75) is 13.3 Å². The Bertz CT molecular complexity index is 817. The minimum atomic E-state index is -0.656. The van der Waals surface area contributed by atoms with E-state index in [0.29, 0.717) is 16.8 Å². The summed E-state index contributed by atoms with van der Waals surface area (Å²) < 4.78 is 23.3. The number of halogens is 1. The first-order chi connectivity index (χ1) is 12.4. The number of hydrogen-bond acceptors (Lipinski definition) is 5. The van der Waals surface area contributed by atoms with E-state index in [2.05, 4.69) is 5.32 Å². The van der Waals surface area contributed by atoms with Crippen molar-refractivity contribution in [2.75, 3.05) is 19.0 Å². The van der Waals surface area contributed by atoms with Crippen molar-refractivity contribution in [3.05, 3.63) is 59.4 Å². The third-order valence-corrected chi connectivity index (χ3v) is 3.50. The summed E-state index contributed by atoms with van der Waals surface area (Å²) in [6, 6.07) is 10.5. The van der Waals surface area contributed by atoms with Crippen LogP contribution in [-0.2, 0) is 20.7 Å². The Labute approximate surface area is 149 Å². The van der Waals surface area contributed by atoms with Gasteiger partial charge in [-0.3, -0.25) is 14.4 Å². The molecule has 0 spiro atoms. The topological polar surface area (TPSA) is 81.7 Å². The summed E-state index contributed by atoms with van der Waals surface area (Å²) in [5, 5.41) is 2.55. The smallest absolute Gasteiger partial charge is 0.310 e. The quantitative estimate of drug-likeness (QED) is 0.607. The van der Waals surface area contributed by atoms with Crippen molar-refractivity contribution >= 4 is 23.3 Å². The number of nitrogens with one attached hydrogen (secondary N) is 1. The van der Waals surface area contributed by atoms with Crippen LogP contribution in [0.25, 0.3) is 0 Å². The Morgan fingerprint density at radius 2 is 1.77 bits per heavy atom. The van der Waals surface area contributed by atoms with Gasteiger partial charge in [0.1, 0.15) is 0 Å². The van der Waals surface area contributed by atoms with Crippen molar-refractivity contribution in [1.29, 1.82) is 0 Å². The zero-order valence-electron chi connectivity index (χ0n) is 14.4. The molecule has 6 nitrogen and oxygen atoms in total. The fourth-order valence-corrected chi connectivity index (χ4v) is 2.17. The van der Waals surface area contributed by atoms with Crippen molar-refractivity contribution in [3.8, 4) is 5.75 Å². The van der Waals surface area contributed by atoms with Gasteiger partial charge in [0.05, 0.1) is 13.5 Å². The van der Waals surface area contributed by atoms with E-state index in [0.717, 1.165) is 0 Å². The average Bonchev–Trinajstić information content (AvgIpc) is 2.60. The predicted molar refractivity (Wildman–Crippen MR) is 92.7 cm³/mol. The van der Waals surface area contributed by atoms with E-state index < -0.39 is 24.3 Å². The van der Waals surface area contributed by atoms with Crippen LogP contribution in [0, 0.1) is 5.82 Å². The van der Waals surface area contributed by atoms with Crippen molar-refractivity contribution in [1.82, 2.24) is 0 Å². The van der Waals surface area contributed by atoms with E-state index in [1.165, 1.54) is 26.2 Å². The monoisotopic (exact) mass is 359 g/mol. The molecular formula is C19H18FNO5. The zero-order valence-corrected chi connectivity index (χ0v) is 14.4. The van der Waals surface area contributed by atoms with E-state index in [4.69, 9.17) is 9.47 Å². The van der Waals surface area contributed by atoms with Crippen LogP contribution in [0.3, 0.4) is 0 Å². The highest BCUT2D eigenvalue weighted by Crippen LogP contribution is 2.18. The number of ketones is 1. The van der Waals surface area contributed by atoms with Crippen molar-refractivity contribution in [2.24, 2.45) is 0 Å². The molecule has 0 aliphatic rings. The van der Waals surface area contributed by atoms with Gasteiger partial charge in [0, 0.05) is 11.3 Å². The highest BCUT2D eigenvalue weighted by Gasteiger charge is 2.11. The Kier molecular flexibility index (Phi) is 6.43. The standard InChI is InChI=1S/C19H18FNO5/c1-12(22)14-4-6-15(7-5-14)21-18(23)11-26-19(24)10-13-3-8-17(25-2)16(20)9-13/h3-9H,10-11H2,1-2H3,(H,21,23). The van der Waals surface area contributed by atoms with Crippen LogP contribution in [-0.4, -0.2) is 31.4 Å². The van der Waals surface area contributed by atoms with Crippen LogP contribution in [0.15, 0.2) is 42.5 Å². The summed E-state index contributed by atoms with van der Waals surface area (Å²) in [6.45, 7) is 0.980. The molecule has 7 heteroatoms. The molecule has 0 heterocycles. The van der Waals surface area contributed by atoms with Gasteiger partial charge >= 0.3 is 5.97 Å². The molecule has 0 radical (unpaired) electrons. The van der Waals surface area contributed by atoms with Gasteiger partial charge in [-0.15, -0.1) is 0 Å². The normalized spacial score (nSPS) is 10.1. The van der Waals surface area contributed by atoms with Gasteiger partial charge in [-0.1, -0.05) is 6.07 Å². The van der Waals surface area contributed by atoms with Crippen LogP contribution in [0.1, 0.15) is 22.8 Å². The second-order valence-corrected chi connectivity index (χ2v) is 5.49. The zero-order chi connectivity index (χ0) is 19.1. The molecular weight excluding hydrogens is 341 g/mol. The maximum atomic E-state index is 13.6. The number of carbonyl (C=O) groups excluding carboxylic acids is 3. The molecule has 136 valence electrons. The summed E-state index contributed by atoms with van der Waals surface area (Å²) in [5.41, 5.74) is 1.42. The first-order valence-electron chi connectivity index (χ1n) is 7.78. The van der Waals surface area contributed by atoms with Gasteiger partial charge < -0.3 is 14.8 Å². The van der Waals surface area contributed by atoms with Gasteiger partial charge in [-0.2, -0.15) is 0 Å². The summed E-state index contributed by atoms with van der Waals surface area (Å²) in [7, 11) is 1.35. The molecule has 0 aromatic heterocycles. The van der Waals surface area contributed by atoms with Gasteiger partial charge in [0.2, 0.25) is 0 Å². The second kappa shape index (κ2) is 8.75. The lowest BCUT2D eigenvalue weighted by Crippen LogP contribution is -2.21. The largest absolute Gasteiger partial charge is 0.494 e. The molecule has 0 aliphatic heterocycles. The molecule has 0 atom stereocenters. The molecule has 0 saturated heterocycles. The molecule has 0 unspecified atom stereocenters. The number of carbonyl (C=O) groups is 3. The summed E-state index contributed by atoms with van der Waals surface area (Å²) >= 11 is 0. The Morgan fingerprint density at radius 1 is 1.08 bits per heavy atom. The van der Waals surface area contributed by atoms with Crippen molar-refractivity contribution in [3.63, 3.8) is 0 Å². The molecule has 0 aliphatic carbocycles. The minimum absolute atomic E-state index is 0.0771. The van der Waals surface area contributed by atoms with Crippen LogP contribution in [0.4, 0.5) is 10.1 Å². The molecule has 0 bridgehead atoms. The van der Waals surface area contributed by atoms with E-state index >= 15 is 0 Å². The lowest BCUT2D eigenvalue weighted by atomic mass is 10.1. The van der Waals surface area contributed by atoms with Crippen LogP contribution in [0.2, 0.25) is 0 Å². The van der Waals surface area contributed by atoms with E-state index in [-0.39, 0.29) is 18.0 Å². The number of amides is 1. The third-order valence-electron chi connectivity index (χ3n) is 3.50. The summed E-state index contributed by atoms with van der Waals surface area (Å²) in [6.07, 6.45) is -0.165. The highest BCUT2D eigenvalue weighted by atomic mass is 19.1. The van der Waals surface area contributed by atoms with E-state index in [1.807, 2.05) is 0 Å². The number of ether oxygens (including phenoxy) is 2. The number of benzene rings is 2. The molecule has 26 heavy (non-hydrogen) atoms. The van der Waals surface area contributed by atoms with E-state index in [1.54, 1.807) is 30.3 Å². The number of hydrogen-bond donors (Lipinski definition) is 1. The average molecular weight is 359 g/mol. The Balaban J connectivity index is 1.82. The van der Waals surface area contributed by atoms with Gasteiger partial charge in [-0.25, -0.2) is 4.39 Å². The lowest BCUT2D eigenvalue weighted by molar-refractivity contribution is -0.146. The summed E-state index contributed by atoms with van der Waals surface area (Å²) in [5.74, 6) is -1.75. The Hall–Kier alpha value is -3.22. The number of rotatable bonds is 7. The van der Waals surface area contributed by atoms with Crippen LogP contribution >= 0.6 is 0 Å². The molecule has 0 fully saturated rings. The summed E-state index contributed by atoms with van der Waals surface area (Å²) in [4.78, 5) is 34.7. The number of Topliss-reactive ketones (excluding diaryl/α,β-unsaturated/α-hetero) is 1. The number of methoxy groups -OCH3 is 1. The first-order valence-corrected chi connectivity index (χ1v) is 7.78. The predicted octanol–water partition coefficient (Wildman–Crippen LogP) is 2.76. The third kappa shape index (κ3) is 5.41. The Morgan fingerprint density at radius 3 is 2.35 bits per heavy atom. The van der Waals surface area contributed by atoms with Crippen LogP contribution in [0.5, 0.6) is 5.75 Å². The van der Waals surface area contributed by atoms with Gasteiger partial charge in [0.15, 0.2) is 24.0 Å². The number of esters is 1. The highest BCUT2D eigenvalue weighted by molar-refractivity contribution is 5.96. The van der Waals surface area contributed by atoms with Crippen LogP contribution < -0.4 is 10.1 Å².